The first-order valence-electron chi connectivity index (χ1n) is 6.90. The molecule has 2 fully saturated rings. The van der Waals surface area contributed by atoms with Gasteiger partial charge in [-0.25, -0.2) is 8.78 Å². The second-order valence-corrected chi connectivity index (χ2v) is 5.63. The summed E-state index contributed by atoms with van der Waals surface area (Å²) < 4.78 is 26.0. The molecule has 0 aromatic carbocycles. The molecule has 2 aliphatic carbocycles. The lowest BCUT2D eigenvalue weighted by atomic mass is 9.88. The zero-order chi connectivity index (χ0) is 12.3. The Morgan fingerprint density at radius 2 is 1.29 bits per heavy atom. The summed E-state index contributed by atoms with van der Waals surface area (Å²) in [6.07, 6.45) is 6.18. The number of nitrogens with one attached hydrogen (secondary N) is 2. The SMILES string of the molecule is CNC1CCC(NC2CCC(F)(F)CC2)CC1. The first-order chi connectivity index (χ1) is 8.09. The van der Waals surface area contributed by atoms with Crippen molar-refractivity contribution >= 4 is 0 Å². The van der Waals surface area contributed by atoms with Gasteiger partial charge in [-0.3, -0.25) is 0 Å². The van der Waals surface area contributed by atoms with Crippen LogP contribution in [0.1, 0.15) is 51.4 Å². The second kappa shape index (κ2) is 5.61. The van der Waals surface area contributed by atoms with Crippen LogP contribution in [0.2, 0.25) is 0 Å². The monoisotopic (exact) mass is 246 g/mol. The topological polar surface area (TPSA) is 24.1 Å². The Balaban J connectivity index is 1.69. The van der Waals surface area contributed by atoms with Gasteiger partial charge in [0.1, 0.15) is 0 Å². The van der Waals surface area contributed by atoms with Crippen LogP contribution in [0.15, 0.2) is 0 Å². The van der Waals surface area contributed by atoms with E-state index in [0.29, 0.717) is 31.0 Å². The van der Waals surface area contributed by atoms with E-state index in [1.54, 1.807) is 0 Å². The average molecular weight is 246 g/mol. The van der Waals surface area contributed by atoms with Crippen LogP contribution < -0.4 is 10.6 Å². The number of rotatable bonds is 3. The van der Waals surface area contributed by atoms with Gasteiger partial charge in [-0.15, -0.1) is 0 Å². The van der Waals surface area contributed by atoms with Gasteiger partial charge in [0, 0.05) is 31.0 Å². The Kier molecular flexibility index (Phi) is 4.36. The molecule has 2 saturated carbocycles. The van der Waals surface area contributed by atoms with Crippen LogP contribution in [-0.2, 0) is 0 Å². The van der Waals surface area contributed by atoms with Crippen molar-refractivity contribution in [1.29, 1.82) is 0 Å². The molecule has 0 amide bonds. The summed E-state index contributed by atoms with van der Waals surface area (Å²) in [4.78, 5) is 0. The molecule has 17 heavy (non-hydrogen) atoms. The minimum atomic E-state index is -2.40. The van der Waals surface area contributed by atoms with Crippen molar-refractivity contribution in [1.82, 2.24) is 10.6 Å². The number of halogens is 2. The lowest BCUT2D eigenvalue weighted by Gasteiger charge is -2.35. The summed E-state index contributed by atoms with van der Waals surface area (Å²) in [5, 5.41) is 6.89. The predicted octanol–water partition coefficient (Wildman–Crippen LogP) is 2.68. The van der Waals surface area contributed by atoms with Crippen LogP contribution in [0.4, 0.5) is 8.78 Å². The van der Waals surface area contributed by atoms with Crippen LogP contribution in [0.25, 0.3) is 0 Å². The van der Waals surface area contributed by atoms with Crippen molar-refractivity contribution < 1.29 is 8.78 Å². The van der Waals surface area contributed by atoms with E-state index in [1.165, 1.54) is 25.7 Å². The van der Waals surface area contributed by atoms with E-state index in [2.05, 4.69) is 10.6 Å². The van der Waals surface area contributed by atoms with Gasteiger partial charge in [0.15, 0.2) is 0 Å². The van der Waals surface area contributed by atoms with E-state index in [-0.39, 0.29) is 12.8 Å². The standard InChI is InChI=1S/C13H24F2N2/c1-16-10-2-4-11(5-3-10)17-12-6-8-13(14,15)9-7-12/h10-12,16-17H,2-9H2,1H3. The third kappa shape index (κ3) is 3.88. The molecule has 0 heterocycles. The van der Waals surface area contributed by atoms with Crippen LogP contribution in [0.3, 0.4) is 0 Å². The molecule has 0 aromatic heterocycles. The van der Waals surface area contributed by atoms with Gasteiger partial charge in [0.25, 0.3) is 0 Å². The molecule has 0 radical (unpaired) electrons. The molecule has 0 spiro atoms. The molecular formula is C13H24F2N2. The maximum Gasteiger partial charge on any atom is 0.248 e. The molecule has 100 valence electrons. The fourth-order valence-corrected chi connectivity index (χ4v) is 3.09. The second-order valence-electron chi connectivity index (χ2n) is 5.63. The van der Waals surface area contributed by atoms with E-state index < -0.39 is 5.92 Å². The number of hydrogen-bond donors (Lipinski definition) is 2. The van der Waals surface area contributed by atoms with Crippen molar-refractivity contribution in [3.8, 4) is 0 Å². The minimum Gasteiger partial charge on any atom is -0.317 e. The van der Waals surface area contributed by atoms with Crippen molar-refractivity contribution in [3.63, 3.8) is 0 Å². The van der Waals surface area contributed by atoms with Crippen molar-refractivity contribution in [3.05, 3.63) is 0 Å². The summed E-state index contributed by atoms with van der Waals surface area (Å²) >= 11 is 0. The van der Waals surface area contributed by atoms with Gasteiger partial charge in [0.05, 0.1) is 0 Å². The first-order valence-corrected chi connectivity index (χ1v) is 6.90. The summed E-state index contributed by atoms with van der Waals surface area (Å²) in [5.74, 6) is -2.40. The Hall–Kier alpha value is -0.220. The molecule has 0 aliphatic heterocycles. The van der Waals surface area contributed by atoms with E-state index in [0.717, 1.165) is 0 Å². The summed E-state index contributed by atoms with van der Waals surface area (Å²) in [6.45, 7) is 0. The maximum atomic E-state index is 13.0. The largest absolute Gasteiger partial charge is 0.317 e. The molecule has 2 aliphatic rings. The van der Waals surface area contributed by atoms with Gasteiger partial charge < -0.3 is 10.6 Å². The van der Waals surface area contributed by atoms with Gasteiger partial charge in [-0.2, -0.15) is 0 Å². The maximum absolute atomic E-state index is 13.0. The molecular weight excluding hydrogens is 222 g/mol. The Morgan fingerprint density at radius 3 is 1.82 bits per heavy atom. The Bertz CT molecular complexity index is 228. The van der Waals surface area contributed by atoms with Gasteiger partial charge in [0.2, 0.25) is 5.92 Å². The quantitative estimate of drug-likeness (QED) is 0.800. The van der Waals surface area contributed by atoms with E-state index in [4.69, 9.17) is 0 Å². The molecule has 2 N–H and O–H groups in total. The fourth-order valence-electron chi connectivity index (χ4n) is 3.09. The third-order valence-electron chi connectivity index (χ3n) is 4.32. The first kappa shape index (κ1) is 13.2. The van der Waals surface area contributed by atoms with Crippen LogP contribution in [0, 0.1) is 0 Å². The van der Waals surface area contributed by atoms with Crippen LogP contribution >= 0.6 is 0 Å². The third-order valence-corrected chi connectivity index (χ3v) is 4.32. The molecule has 2 nitrogen and oxygen atoms in total. The van der Waals surface area contributed by atoms with E-state index >= 15 is 0 Å². The lowest BCUT2D eigenvalue weighted by Crippen LogP contribution is -2.45. The van der Waals surface area contributed by atoms with E-state index in [9.17, 15) is 8.78 Å². The normalized spacial score (nSPS) is 34.8. The van der Waals surface area contributed by atoms with Crippen molar-refractivity contribution in [2.45, 2.75) is 75.4 Å². The zero-order valence-corrected chi connectivity index (χ0v) is 10.6. The Morgan fingerprint density at radius 1 is 0.824 bits per heavy atom. The minimum absolute atomic E-state index is 0.0660. The van der Waals surface area contributed by atoms with Gasteiger partial charge >= 0.3 is 0 Å². The summed E-state index contributed by atoms with van der Waals surface area (Å²) in [5.41, 5.74) is 0. The molecule has 0 atom stereocenters. The Labute approximate surface area is 103 Å². The molecule has 4 heteroatoms. The van der Waals surface area contributed by atoms with Crippen molar-refractivity contribution in [2.75, 3.05) is 7.05 Å². The zero-order valence-electron chi connectivity index (χ0n) is 10.6. The average Bonchev–Trinajstić information content (AvgIpc) is 2.33. The van der Waals surface area contributed by atoms with E-state index in [1.807, 2.05) is 7.05 Å². The lowest BCUT2D eigenvalue weighted by molar-refractivity contribution is -0.0415. The summed E-state index contributed by atoms with van der Waals surface area (Å²) in [6, 6.07) is 1.53. The van der Waals surface area contributed by atoms with Gasteiger partial charge in [-0.05, 0) is 45.6 Å². The molecule has 0 bridgehead atoms. The number of alkyl halides is 2. The molecule has 2 rings (SSSR count). The van der Waals surface area contributed by atoms with Crippen molar-refractivity contribution in [2.24, 2.45) is 0 Å². The molecule has 0 aromatic rings. The smallest absolute Gasteiger partial charge is 0.248 e. The highest BCUT2D eigenvalue weighted by Gasteiger charge is 2.35. The van der Waals surface area contributed by atoms with Crippen LogP contribution in [-0.4, -0.2) is 31.1 Å². The highest BCUT2D eigenvalue weighted by molar-refractivity contribution is 4.86. The molecule has 0 unspecified atom stereocenters. The van der Waals surface area contributed by atoms with Gasteiger partial charge in [-0.1, -0.05) is 0 Å². The highest BCUT2D eigenvalue weighted by atomic mass is 19.3. The predicted molar refractivity (Wildman–Crippen MR) is 65.4 cm³/mol. The summed E-state index contributed by atoms with van der Waals surface area (Å²) in [7, 11) is 2.02. The molecule has 0 saturated heterocycles. The highest BCUT2D eigenvalue weighted by Crippen LogP contribution is 2.33. The van der Waals surface area contributed by atoms with Crippen LogP contribution in [0.5, 0.6) is 0 Å². The fraction of sp³-hybridized carbons (Fsp3) is 1.00. The number of hydrogen-bond acceptors (Lipinski definition) is 2.